The second-order valence-electron chi connectivity index (χ2n) is 3.65. The van der Waals surface area contributed by atoms with E-state index >= 15 is 0 Å². The minimum absolute atomic E-state index is 0.0403. The zero-order valence-electron chi connectivity index (χ0n) is 7.49. The van der Waals surface area contributed by atoms with E-state index in [9.17, 15) is 10.2 Å². The Morgan fingerprint density at radius 3 is 2.43 bits per heavy atom. The van der Waals surface area contributed by atoms with Crippen molar-refractivity contribution in [1.29, 1.82) is 5.26 Å². The van der Waals surface area contributed by atoms with E-state index in [2.05, 4.69) is 0 Å². The first kappa shape index (κ1) is 8.85. The Morgan fingerprint density at radius 1 is 1.29 bits per heavy atom. The van der Waals surface area contributed by atoms with Gasteiger partial charge in [0.25, 0.3) is 0 Å². The first-order valence-electron chi connectivity index (χ1n) is 4.32. The molecule has 0 heterocycles. The largest absolute Gasteiger partial charge is 0.507 e. The third-order valence-electron chi connectivity index (χ3n) is 2.56. The van der Waals surface area contributed by atoms with Crippen LogP contribution in [0.4, 0.5) is 0 Å². The van der Waals surface area contributed by atoms with Crippen molar-refractivity contribution in [3.8, 4) is 17.6 Å². The molecule has 4 nitrogen and oxygen atoms in total. The average molecular weight is 190 g/mol. The predicted octanol–water partition coefficient (Wildman–Crippen LogP) is 0.917. The van der Waals surface area contributed by atoms with Gasteiger partial charge >= 0.3 is 0 Å². The van der Waals surface area contributed by atoms with Gasteiger partial charge in [0.2, 0.25) is 0 Å². The summed E-state index contributed by atoms with van der Waals surface area (Å²) < 4.78 is 0. The first-order valence-corrected chi connectivity index (χ1v) is 4.32. The summed E-state index contributed by atoms with van der Waals surface area (Å²) in [4.78, 5) is 0. The smallest absolute Gasteiger partial charge is 0.137 e. The lowest BCUT2D eigenvalue weighted by Crippen LogP contribution is -2.18. The molecule has 0 bridgehead atoms. The highest BCUT2D eigenvalue weighted by Gasteiger charge is 2.42. The molecule has 1 aromatic rings. The van der Waals surface area contributed by atoms with Crippen LogP contribution in [0, 0.1) is 11.3 Å². The quantitative estimate of drug-likeness (QED) is 0.614. The van der Waals surface area contributed by atoms with Crippen LogP contribution in [0.15, 0.2) is 12.1 Å². The summed E-state index contributed by atoms with van der Waals surface area (Å²) in [5, 5.41) is 27.5. The Hall–Kier alpha value is -1.73. The van der Waals surface area contributed by atoms with Crippen LogP contribution in [0.2, 0.25) is 0 Å². The van der Waals surface area contributed by atoms with Crippen LogP contribution in [0.1, 0.15) is 24.0 Å². The van der Waals surface area contributed by atoms with E-state index in [1.807, 2.05) is 6.07 Å². The van der Waals surface area contributed by atoms with Crippen molar-refractivity contribution in [2.75, 3.05) is 0 Å². The van der Waals surface area contributed by atoms with Crippen LogP contribution < -0.4 is 5.73 Å². The molecule has 0 saturated heterocycles. The van der Waals surface area contributed by atoms with Gasteiger partial charge in [-0.1, -0.05) is 0 Å². The molecule has 0 unspecified atom stereocenters. The summed E-state index contributed by atoms with van der Waals surface area (Å²) in [5.74, 6) is -0.250. The van der Waals surface area contributed by atoms with E-state index in [4.69, 9.17) is 11.0 Å². The molecule has 0 atom stereocenters. The van der Waals surface area contributed by atoms with E-state index in [-0.39, 0.29) is 17.1 Å². The van der Waals surface area contributed by atoms with Crippen molar-refractivity contribution in [3.63, 3.8) is 0 Å². The molecule has 4 heteroatoms. The van der Waals surface area contributed by atoms with E-state index in [0.717, 1.165) is 12.8 Å². The predicted molar refractivity (Wildman–Crippen MR) is 49.6 cm³/mol. The molecule has 0 aliphatic heterocycles. The van der Waals surface area contributed by atoms with Gasteiger partial charge in [0, 0.05) is 17.2 Å². The molecular formula is C10H10N2O2. The van der Waals surface area contributed by atoms with Crippen LogP contribution in [0.25, 0.3) is 0 Å². The summed E-state index contributed by atoms with van der Waals surface area (Å²) in [6.45, 7) is 0. The number of phenolic OH excluding ortho intramolecular Hbond substituents is 2. The highest BCUT2D eigenvalue weighted by Crippen LogP contribution is 2.47. The summed E-state index contributed by atoms with van der Waals surface area (Å²) in [7, 11) is 0. The van der Waals surface area contributed by atoms with Gasteiger partial charge in [0.05, 0.1) is 5.56 Å². The molecule has 0 radical (unpaired) electrons. The van der Waals surface area contributed by atoms with Crippen molar-refractivity contribution < 1.29 is 10.2 Å². The Labute approximate surface area is 81.2 Å². The number of hydrogen-bond donors (Lipinski definition) is 3. The number of nitriles is 1. The summed E-state index contributed by atoms with van der Waals surface area (Å²) in [6, 6.07) is 4.47. The molecule has 1 saturated carbocycles. The average Bonchev–Trinajstić information content (AvgIpc) is 2.85. The molecule has 2 rings (SSSR count). The molecule has 4 N–H and O–H groups in total. The second kappa shape index (κ2) is 2.63. The van der Waals surface area contributed by atoms with E-state index in [0.29, 0.717) is 5.56 Å². The van der Waals surface area contributed by atoms with Crippen LogP contribution in [0.3, 0.4) is 0 Å². The number of nitrogens with two attached hydrogens (primary N) is 1. The third-order valence-corrected chi connectivity index (χ3v) is 2.56. The molecule has 0 spiro atoms. The zero-order chi connectivity index (χ0) is 10.3. The molecule has 1 fully saturated rings. The summed E-state index contributed by atoms with van der Waals surface area (Å²) in [5.41, 5.74) is 6.09. The van der Waals surface area contributed by atoms with E-state index in [1.165, 1.54) is 12.1 Å². The van der Waals surface area contributed by atoms with Gasteiger partial charge in [-0.05, 0) is 18.9 Å². The lowest BCUT2D eigenvalue weighted by atomic mass is 10.0. The maximum atomic E-state index is 9.54. The SMILES string of the molecule is N#Cc1cc(C2(N)CC2)c(O)cc1O. The maximum absolute atomic E-state index is 9.54. The van der Waals surface area contributed by atoms with Gasteiger partial charge in [-0.2, -0.15) is 5.26 Å². The number of hydrogen-bond acceptors (Lipinski definition) is 4. The lowest BCUT2D eigenvalue weighted by Gasteiger charge is -2.12. The fraction of sp³-hybridized carbons (Fsp3) is 0.300. The van der Waals surface area contributed by atoms with Crippen LogP contribution in [-0.4, -0.2) is 10.2 Å². The molecule has 1 aliphatic rings. The molecule has 72 valence electrons. The number of rotatable bonds is 1. The summed E-state index contributed by atoms with van der Waals surface area (Å²) in [6.07, 6.45) is 1.60. The second-order valence-corrected chi connectivity index (χ2v) is 3.65. The molecule has 0 aromatic heterocycles. The maximum Gasteiger partial charge on any atom is 0.137 e. The standard InChI is InChI=1S/C10H10N2O2/c11-5-6-3-7(10(12)1-2-10)9(14)4-8(6)13/h3-4,13-14H,1-2,12H2. The van der Waals surface area contributed by atoms with Crippen molar-refractivity contribution in [2.24, 2.45) is 5.73 Å². The number of phenols is 2. The molecule has 1 aromatic carbocycles. The Bertz CT molecular complexity index is 430. The third kappa shape index (κ3) is 1.19. The summed E-state index contributed by atoms with van der Waals surface area (Å²) >= 11 is 0. The van der Waals surface area contributed by atoms with Crippen LogP contribution in [-0.2, 0) is 5.54 Å². The highest BCUT2D eigenvalue weighted by molar-refractivity contribution is 5.54. The normalized spacial score (nSPS) is 17.4. The Morgan fingerprint density at radius 2 is 1.93 bits per heavy atom. The van der Waals surface area contributed by atoms with Crippen molar-refractivity contribution >= 4 is 0 Å². The van der Waals surface area contributed by atoms with Gasteiger partial charge < -0.3 is 15.9 Å². The van der Waals surface area contributed by atoms with Gasteiger partial charge in [-0.15, -0.1) is 0 Å². The molecular weight excluding hydrogens is 180 g/mol. The number of benzene rings is 1. The molecule has 14 heavy (non-hydrogen) atoms. The minimum Gasteiger partial charge on any atom is -0.507 e. The topological polar surface area (TPSA) is 90.3 Å². The van der Waals surface area contributed by atoms with Gasteiger partial charge in [0.15, 0.2) is 0 Å². The Kier molecular flexibility index (Phi) is 1.66. The lowest BCUT2D eigenvalue weighted by molar-refractivity contribution is 0.439. The number of nitrogens with zero attached hydrogens (tertiary/aromatic N) is 1. The van der Waals surface area contributed by atoms with Crippen LogP contribution in [0.5, 0.6) is 11.5 Å². The molecule has 0 amide bonds. The zero-order valence-corrected chi connectivity index (χ0v) is 7.49. The minimum atomic E-state index is -0.497. The van der Waals surface area contributed by atoms with E-state index in [1.54, 1.807) is 0 Å². The van der Waals surface area contributed by atoms with Gasteiger partial charge in [-0.3, -0.25) is 0 Å². The van der Waals surface area contributed by atoms with Crippen molar-refractivity contribution in [2.45, 2.75) is 18.4 Å². The number of aromatic hydroxyl groups is 2. The first-order chi connectivity index (χ1) is 6.57. The Balaban J connectivity index is 2.57. The fourth-order valence-corrected chi connectivity index (χ4v) is 1.47. The van der Waals surface area contributed by atoms with E-state index < -0.39 is 5.54 Å². The fourth-order valence-electron chi connectivity index (χ4n) is 1.47. The van der Waals surface area contributed by atoms with Crippen molar-refractivity contribution in [3.05, 3.63) is 23.3 Å². The van der Waals surface area contributed by atoms with Crippen LogP contribution >= 0.6 is 0 Å². The monoisotopic (exact) mass is 190 g/mol. The molecule has 1 aliphatic carbocycles. The highest BCUT2D eigenvalue weighted by atomic mass is 16.3. The van der Waals surface area contributed by atoms with Crippen molar-refractivity contribution in [1.82, 2.24) is 0 Å². The van der Waals surface area contributed by atoms with Gasteiger partial charge in [0.1, 0.15) is 17.6 Å². The van der Waals surface area contributed by atoms with Gasteiger partial charge in [-0.25, -0.2) is 0 Å².